The Balaban J connectivity index is 2.29. The first-order chi connectivity index (χ1) is 10.1. The summed E-state index contributed by atoms with van der Waals surface area (Å²) in [7, 11) is 1.56. The second kappa shape index (κ2) is 6.25. The number of hydrogen-bond acceptors (Lipinski definition) is 5. The molecule has 2 rings (SSSR count). The molecular weight excluding hydrogens is 276 g/mol. The minimum Gasteiger partial charge on any atom is -0.497 e. The van der Waals surface area contributed by atoms with Crippen LogP contribution in [0.15, 0.2) is 24.4 Å². The second-order valence-electron chi connectivity index (χ2n) is 4.48. The Labute approximate surface area is 121 Å². The molecule has 2 aromatic rings. The van der Waals surface area contributed by atoms with Crippen LogP contribution in [0.1, 0.15) is 12.5 Å². The van der Waals surface area contributed by atoms with Crippen LogP contribution in [0.25, 0.3) is 10.9 Å². The smallest absolute Gasteiger partial charge is 0.382 e. The third-order valence-corrected chi connectivity index (χ3v) is 3.20. The number of nitrogens with zero attached hydrogens (tertiary/aromatic N) is 1. The lowest BCUT2D eigenvalue weighted by molar-refractivity contribution is -0.510. The van der Waals surface area contributed by atoms with Crippen molar-refractivity contribution in [1.29, 1.82) is 0 Å². The number of rotatable bonds is 6. The molecule has 1 N–H and O–H groups in total. The fourth-order valence-corrected chi connectivity index (χ4v) is 2.15. The molecule has 0 aliphatic rings. The standard InChI is InChI=1S/C14H16N2O5/c1-3-21-14(17)13(16(18)19)6-9-8-15-12-7-10(20-2)4-5-11(9)12/h4-5,7-8,13,15H,3,6H2,1-2H3. The molecule has 0 fully saturated rings. The van der Waals surface area contributed by atoms with E-state index >= 15 is 0 Å². The average molecular weight is 292 g/mol. The third kappa shape index (κ3) is 3.13. The lowest BCUT2D eigenvalue weighted by Crippen LogP contribution is -2.33. The van der Waals surface area contributed by atoms with Crippen LogP contribution in [-0.4, -0.2) is 35.6 Å². The number of nitrogens with one attached hydrogen (secondary N) is 1. The number of carbonyl (C=O) groups is 1. The van der Waals surface area contributed by atoms with Gasteiger partial charge in [0.15, 0.2) is 0 Å². The Hall–Kier alpha value is -2.57. The molecule has 0 aliphatic heterocycles. The molecule has 0 bridgehead atoms. The SMILES string of the molecule is CCOC(=O)C(Cc1c[nH]c2cc(OC)ccc12)[N+](=O)[O-]. The predicted octanol–water partition coefficient (Wildman–Crippen LogP) is 1.93. The van der Waals surface area contributed by atoms with E-state index in [0.717, 1.165) is 10.9 Å². The molecule has 112 valence electrons. The van der Waals surface area contributed by atoms with E-state index in [9.17, 15) is 14.9 Å². The van der Waals surface area contributed by atoms with Crippen molar-refractivity contribution in [1.82, 2.24) is 4.98 Å². The molecule has 0 spiro atoms. The molecule has 0 amide bonds. The van der Waals surface area contributed by atoms with Gasteiger partial charge in [-0.3, -0.25) is 10.1 Å². The fraction of sp³-hybridized carbons (Fsp3) is 0.357. The zero-order valence-corrected chi connectivity index (χ0v) is 11.8. The number of hydrogen-bond donors (Lipinski definition) is 1. The van der Waals surface area contributed by atoms with E-state index in [-0.39, 0.29) is 13.0 Å². The number of methoxy groups -OCH3 is 1. The number of esters is 1. The van der Waals surface area contributed by atoms with Gasteiger partial charge in [-0.2, -0.15) is 0 Å². The Morgan fingerprint density at radius 1 is 1.48 bits per heavy atom. The van der Waals surface area contributed by atoms with E-state index < -0.39 is 16.9 Å². The average Bonchev–Trinajstić information content (AvgIpc) is 2.86. The van der Waals surface area contributed by atoms with Gasteiger partial charge in [0.2, 0.25) is 0 Å². The van der Waals surface area contributed by atoms with E-state index in [4.69, 9.17) is 9.47 Å². The van der Waals surface area contributed by atoms with Gasteiger partial charge in [-0.1, -0.05) is 0 Å². The number of ether oxygens (including phenoxy) is 2. The maximum absolute atomic E-state index is 11.7. The van der Waals surface area contributed by atoms with Crippen LogP contribution in [0.4, 0.5) is 0 Å². The van der Waals surface area contributed by atoms with Gasteiger partial charge in [-0.15, -0.1) is 0 Å². The summed E-state index contributed by atoms with van der Waals surface area (Å²) in [6.45, 7) is 1.74. The molecule has 1 aromatic carbocycles. The molecule has 0 radical (unpaired) electrons. The molecule has 7 nitrogen and oxygen atoms in total. The minimum atomic E-state index is -1.40. The maximum Gasteiger partial charge on any atom is 0.382 e. The van der Waals surface area contributed by atoms with Gasteiger partial charge in [0.1, 0.15) is 5.75 Å². The lowest BCUT2D eigenvalue weighted by Gasteiger charge is -2.08. The molecule has 1 heterocycles. The van der Waals surface area contributed by atoms with E-state index in [1.54, 1.807) is 32.4 Å². The van der Waals surface area contributed by atoms with Crippen LogP contribution in [-0.2, 0) is 16.0 Å². The number of nitro groups is 1. The lowest BCUT2D eigenvalue weighted by atomic mass is 10.1. The van der Waals surface area contributed by atoms with Crippen LogP contribution in [0, 0.1) is 10.1 Å². The summed E-state index contributed by atoms with van der Waals surface area (Å²) in [6.07, 6.45) is 1.65. The normalized spacial score (nSPS) is 12.1. The fourth-order valence-electron chi connectivity index (χ4n) is 2.15. The number of fused-ring (bicyclic) bond motifs is 1. The van der Waals surface area contributed by atoms with Crippen LogP contribution in [0.2, 0.25) is 0 Å². The molecule has 7 heteroatoms. The molecule has 0 saturated carbocycles. The highest BCUT2D eigenvalue weighted by Crippen LogP contribution is 2.24. The highest BCUT2D eigenvalue weighted by molar-refractivity contribution is 5.85. The molecule has 21 heavy (non-hydrogen) atoms. The number of aromatic amines is 1. The van der Waals surface area contributed by atoms with Gasteiger partial charge in [0.05, 0.1) is 20.1 Å². The second-order valence-corrected chi connectivity index (χ2v) is 4.48. The molecule has 0 aliphatic carbocycles. The predicted molar refractivity (Wildman–Crippen MR) is 76.0 cm³/mol. The van der Waals surface area contributed by atoms with Crippen LogP contribution in [0.5, 0.6) is 5.75 Å². The number of H-pyrrole nitrogens is 1. The van der Waals surface area contributed by atoms with Crippen LogP contribution < -0.4 is 4.74 Å². The molecule has 1 aromatic heterocycles. The van der Waals surface area contributed by atoms with Crippen LogP contribution >= 0.6 is 0 Å². The molecule has 1 atom stereocenters. The first kappa shape index (κ1) is 14.8. The zero-order chi connectivity index (χ0) is 15.4. The summed E-state index contributed by atoms with van der Waals surface area (Å²) in [4.78, 5) is 25.1. The summed E-state index contributed by atoms with van der Waals surface area (Å²) in [6, 6.07) is 3.98. The summed E-state index contributed by atoms with van der Waals surface area (Å²) in [5.41, 5.74) is 1.50. The summed E-state index contributed by atoms with van der Waals surface area (Å²) < 4.78 is 9.87. The van der Waals surface area contributed by atoms with E-state index in [2.05, 4.69) is 4.98 Å². The summed E-state index contributed by atoms with van der Waals surface area (Å²) in [5.74, 6) is -0.127. The van der Waals surface area contributed by atoms with Crippen molar-refractivity contribution in [3.05, 3.63) is 40.1 Å². The Morgan fingerprint density at radius 3 is 2.86 bits per heavy atom. The van der Waals surface area contributed by atoms with Crippen molar-refractivity contribution in [2.24, 2.45) is 0 Å². The van der Waals surface area contributed by atoms with Crippen molar-refractivity contribution in [2.75, 3.05) is 13.7 Å². The van der Waals surface area contributed by atoms with Gasteiger partial charge in [0.25, 0.3) is 0 Å². The zero-order valence-electron chi connectivity index (χ0n) is 11.8. The van der Waals surface area contributed by atoms with Gasteiger partial charge < -0.3 is 14.5 Å². The van der Waals surface area contributed by atoms with E-state index in [1.807, 2.05) is 6.07 Å². The summed E-state index contributed by atoms with van der Waals surface area (Å²) in [5, 5.41) is 11.9. The maximum atomic E-state index is 11.7. The van der Waals surface area contributed by atoms with Gasteiger partial charge in [-0.25, -0.2) is 4.79 Å². The first-order valence-electron chi connectivity index (χ1n) is 6.51. The van der Waals surface area contributed by atoms with Crippen molar-refractivity contribution < 1.29 is 19.2 Å². The monoisotopic (exact) mass is 292 g/mol. The van der Waals surface area contributed by atoms with Crippen molar-refractivity contribution >= 4 is 16.9 Å². The Morgan fingerprint density at radius 2 is 2.24 bits per heavy atom. The van der Waals surface area contributed by atoms with Crippen molar-refractivity contribution in [2.45, 2.75) is 19.4 Å². The Kier molecular flexibility index (Phi) is 4.42. The minimum absolute atomic E-state index is 0.0157. The van der Waals surface area contributed by atoms with E-state index in [0.29, 0.717) is 11.3 Å². The highest BCUT2D eigenvalue weighted by atomic mass is 16.6. The molecular formula is C14H16N2O5. The quantitative estimate of drug-likeness (QED) is 0.498. The summed E-state index contributed by atoms with van der Waals surface area (Å²) >= 11 is 0. The number of benzene rings is 1. The van der Waals surface area contributed by atoms with Crippen molar-refractivity contribution in [3.8, 4) is 5.75 Å². The molecule has 1 unspecified atom stereocenters. The van der Waals surface area contributed by atoms with Crippen molar-refractivity contribution in [3.63, 3.8) is 0 Å². The number of aromatic nitrogens is 1. The van der Waals surface area contributed by atoms with Gasteiger partial charge >= 0.3 is 12.0 Å². The van der Waals surface area contributed by atoms with Gasteiger partial charge in [-0.05, 0) is 24.6 Å². The number of carbonyl (C=O) groups excluding carboxylic acids is 1. The third-order valence-electron chi connectivity index (χ3n) is 3.20. The van der Waals surface area contributed by atoms with Gasteiger partial charge in [0, 0.05) is 28.1 Å². The largest absolute Gasteiger partial charge is 0.497 e. The Bertz CT molecular complexity index is 664. The topological polar surface area (TPSA) is 94.5 Å². The highest BCUT2D eigenvalue weighted by Gasteiger charge is 2.32. The van der Waals surface area contributed by atoms with Crippen LogP contribution in [0.3, 0.4) is 0 Å². The first-order valence-corrected chi connectivity index (χ1v) is 6.51. The molecule has 0 saturated heterocycles. The van der Waals surface area contributed by atoms with E-state index in [1.165, 1.54) is 0 Å².